The molecular formula is C16H21N3O. The molecule has 0 radical (unpaired) electrons. The molecule has 0 saturated heterocycles. The zero-order valence-corrected chi connectivity index (χ0v) is 12.1. The van der Waals surface area contributed by atoms with Gasteiger partial charge in [0.05, 0.1) is 30.9 Å². The fourth-order valence-corrected chi connectivity index (χ4v) is 2.78. The normalized spacial score (nSPS) is 14.9. The number of para-hydroxylation sites is 1. The number of rotatable bonds is 5. The summed E-state index contributed by atoms with van der Waals surface area (Å²) in [6.45, 7) is 3.94. The highest BCUT2D eigenvalue weighted by molar-refractivity contribution is 5.47. The highest BCUT2D eigenvalue weighted by atomic mass is 16.5. The summed E-state index contributed by atoms with van der Waals surface area (Å²) >= 11 is 0. The lowest BCUT2D eigenvalue weighted by atomic mass is 9.99. The molecule has 2 heterocycles. The van der Waals surface area contributed by atoms with Crippen molar-refractivity contribution in [1.29, 1.82) is 0 Å². The van der Waals surface area contributed by atoms with E-state index in [1.54, 1.807) is 0 Å². The van der Waals surface area contributed by atoms with Crippen LogP contribution >= 0.6 is 0 Å². The minimum Gasteiger partial charge on any atom is -0.493 e. The molecule has 106 valence electrons. The quantitative estimate of drug-likeness (QED) is 0.908. The molecule has 0 fully saturated rings. The van der Waals surface area contributed by atoms with Crippen molar-refractivity contribution in [2.45, 2.75) is 25.8 Å². The van der Waals surface area contributed by atoms with Crippen LogP contribution < -0.4 is 10.1 Å². The maximum Gasteiger partial charge on any atom is 0.127 e. The van der Waals surface area contributed by atoms with E-state index in [4.69, 9.17) is 4.74 Å². The van der Waals surface area contributed by atoms with Crippen molar-refractivity contribution in [1.82, 2.24) is 14.9 Å². The van der Waals surface area contributed by atoms with Crippen LogP contribution in [0.1, 0.15) is 36.2 Å². The Balaban J connectivity index is 2.02. The largest absolute Gasteiger partial charge is 0.493 e. The van der Waals surface area contributed by atoms with Crippen molar-refractivity contribution in [3.8, 4) is 5.75 Å². The number of imidazole rings is 1. The van der Waals surface area contributed by atoms with E-state index < -0.39 is 0 Å². The van der Waals surface area contributed by atoms with Crippen molar-refractivity contribution in [3.63, 3.8) is 0 Å². The molecule has 1 aliphatic heterocycles. The summed E-state index contributed by atoms with van der Waals surface area (Å²) in [5, 5.41) is 3.62. The molecular weight excluding hydrogens is 250 g/mol. The van der Waals surface area contributed by atoms with Gasteiger partial charge in [0.15, 0.2) is 0 Å². The van der Waals surface area contributed by atoms with Gasteiger partial charge in [0, 0.05) is 19.0 Å². The van der Waals surface area contributed by atoms with E-state index in [1.807, 2.05) is 19.6 Å². The predicted octanol–water partition coefficient (Wildman–Crippen LogP) is 2.44. The Morgan fingerprint density at radius 2 is 2.35 bits per heavy atom. The van der Waals surface area contributed by atoms with Gasteiger partial charge in [-0.3, -0.25) is 0 Å². The molecule has 0 amide bonds. The maximum absolute atomic E-state index is 5.86. The lowest BCUT2D eigenvalue weighted by molar-refractivity contribution is 0.350. The van der Waals surface area contributed by atoms with Gasteiger partial charge in [-0.15, -0.1) is 0 Å². The topological polar surface area (TPSA) is 39.1 Å². The van der Waals surface area contributed by atoms with E-state index in [1.165, 1.54) is 16.8 Å². The third-order valence-electron chi connectivity index (χ3n) is 3.80. The van der Waals surface area contributed by atoms with Crippen LogP contribution in [0.15, 0.2) is 30.7 Å². The average molecular weight is 271 g/mol. The van der Waals surface area contributed by atoms with Gasteiger partial charge >= 0.3 is 0 Å². The lowest BCUT2D eigenvalue weighted by Gasteiger charge is -2.21. The fraction of sp³-hybridized carbons (Fsp3) is 0.438. The molecule has 3 rings (SSSR count). The minimum absolute atomic E-state index is 0.135. The van der Waals surface area contributed by atoms with Crippen LogP contribution in [0.3, 0.4) is 0 Å². The predicted molar refractivity (Wildman–Crippen MR) is 79.0 cm³/mol. The summed E-state index contributed by atoms with van der Waals surface area (Å²) in [4.78, 5) is 4.25. The van der Waals surface area contributed by atoms with Gasteiger partial charge in [-0.1, -0.05) is 25.1 Å². The maximum atomic E-state index is 5.86. The lowest BCUT2D eigenvalue weighted by Crippen LogP contribution is -2.25. The summed E-state index contributed by atoms with van der Waals surface area (Å²) in [5.41, 5.74) is 3.70. The smallest absolute Gasteiger partial charge is 0.127 e. The molecule has 1 N–H and O–H groups in total. The highest BCUT2D eigenvalue weighted by Crippen LogP contribution is 2.35. The first-order valence-corrected chi connectivity index (χ1v) is 7.25. The number of nitrogens with zero attached hydrogens (tertiary/aromatic N) is 2. The summed E-state index contributed by atoms with van der Waals surface area (Å²) in [6.07, 6.45) is 5.89. The van der Waals surface area contributed by atoms with E-state index in [9.17, 15) is 0 Å². The third kappa shape index (κ3) is 2.31. The highest BCUT2D eigenvalue weighted by Gasteiger charge is 2.24. The van der Waals surface area contributed by atoms with Crippen LogP contribution in [0, 0.1) is 0 Å². The van der Waals surface area contributed by atoms with Gasteiger partial charge < -0.3 is 14.6 Å². The van der Waals surface area contributed by atoms with Crippen LogP contribution in [-0.4, -0.2) is 22.7 Å². The molecule has 1 aliphatic rings. The second-order valence-electron chi connectivity index (χ2n) is 5.25. The summed E-state index contributed by atoms with van der Waals surface area (Å²) in [5.74, 6) is 1.06. The molecule has 1 atom stereocenters. The Kier molecular flexibility index (Phi) is 3.74. The van der Waals surface area contributed by atoms with Crippen molar-refractivity contribution in [3.05, 3.63) is 47.5 Å². The van der Waals surface area contributed by atoms with Gasteiger partial charge in [-0.25, -0.2) is 4.98 Å². The molecule has 2 aromatic rings. The Morgan fingerprint density at radius 3 is 3.10 bits per heavy atom. The number of fused-ring (bicyclic) bond motifs is 1. The number of aromatic nitrogens is 2. The molecule has 0 saturated carbocycles. The molecule has 1 aromatic carbocycles. The molecule has 4 nitrogen and oxygen atoms in total. The number of benzene rings is 1. The fourth-order valence-electron chi connectivity index (χ4n) is 2.78. The molecule has 4 heteroatoms. The first-order chi connectivity index (χ1) is 9.81. The third-order valence-corrected chi connectivity index (χ3v) is 3.80. The van der Waals surface area contributed by atoms with Crippen molar-refractivity contribution >= 4 is 0 Å². The average Bonchev–Trinajstić information content (AvgIpc) is 3.09. The van der Waals surface area contributed by atoms with E-state index in [0.717, 1.165) is 31.7 Å². The molecule has 0 spiro atoms. The second kappa shape index (κ2) is 5.67. The van der Waals surface area contributed by atoms with Crippen LogP contribution in [0.2, 0.25) is 0 Å². The number of hydrogen-bond donors (Lipinski definition) is 1. The molecule has 0 bridgehead atoms. The summed E-state index contributed by atoms with van der Waals surface area (Å²) < 4.78 is 7.93. The molecule has 20 heavy (non-hydrogen) atoms. The zero-order valence-electron chi connectivity index (χ0n) is 12.1. The van der Waals surface area contributed by atoms with Crippen molar-refractivity contribution < 1.29 is 4.74 Å². The van der Waals surface area contributed by atoms with Gasteiger partial charge in [0.1, 0.15) is 5.75 Å². The Morgan fingerprint density at radius 1 is 1.45 bits per heavy atom. The van der Waals surface area contributed by atoms with Gasteiger partial charge in [0.2, 0.25) is 0 Å². The number of nitrogens with one attached hydrogen (secondary N) is 1. The Hall–Kier alpha value is -1.81. The minimum atomic E-state index is 0.135. The van der Waals surface area contributed by atoms with Gasteiger partial charge in [0.25, 0.3) is 0 Å². The first kappa shape index (κ1) is 13.2. The summed E-state index contributed by atoms with van der Waals surface area (Å²) in [6, 6.07) is 6.58. The molecule has 1 unspecified atom stereocenters. The van der Waals surface area contributed by atoms with Crippen LogP contribution in [0.4, 0.5) is 0 Å². The number of ether oxygens (including phenoxy) is 1. The Bertz CT molecular complexity index is 591. The van der Waals surface area contributed by atoms with Crippen molar-refractivity contribution in [2.24, 2.45) is 7.05 Å². The van der Waals surface area contributed by atoms with Gasteiger partial charge in [-0.2, -0.15) is 0 Å². The standard InChI is InChI=1S/C16H21N3O/c1-3-8-18-15(14-10-17-11-19(14)2)13-6-4-5-12-7-9-20-16(12)13/h4-6,10-11,15,18H,3,7-9H2,1-2H3. The molecule has 1 aromatic heterocycles. The number of aryl methyl sites for hydroxylation is 1. The first-order valence-electron chi connectivity index (χ1n) is 7.25. The molecule has 0 aliphatic carbocycles. The zero-order chi connectivity index (χ0) is 13.9. The second-order valence-corrected chi connectivity index (χ2v) is 5.25. The monoisotopic (exact) mass is 271 g/mol. The van der Waals surface area contributed by atoms with E-state index in [2.05, 4.69) is 40.0 Å². The Labute approximate surface area is 119 Å². The van der Waals surface area contributed by atoms with Crippen LogP contribution in [0.25, 0.3) is 0 Å². The SMILES string of the molecule is CCCNC(c1cccc2c1OCC2)c1cncn1C. The van der Waals surface area contributed by atoms with Crippen LogP contribution in [-0.2, 0) is 13.5 Å². The van der Waals surface area contributed by atoms with Crippen molar-refractivity contribution in [2.75, 3.05) is 13.2 Å². The number of hydrogen-bond acceptors (Lipinski definition) is 3. The van der Waals surface area contributed by atoms with E-state index >= 15 is 0 Å². The van der Waals surface area contributed by atoms with Gasteiger partial charge in [-0.05, 0) is 18.5 Å². The van der Waals surface area contributed by atoms with E-state index in [-0.39, 0.29) is 6.04 Å². The van der Waals surface area contributed by atoms with Crippen LogP contribution in [0.5, 0.6) is 5.75 Å². The van der Waals surface area contributed by atoms with E-state index in [0.29, 0.717) is 0 Å². The summed E-state index contributed by atoms with van der Waals surface area (Å²) in [7, 11) is 2.03.